The standard InChI is InChI=1S/C16H24ClN5O3/c17-14-13(9-19-22(8-6-18)15(14)23)21-7-5-12(10-21)25-16(24)20-11-3-1-2-4-11/h9,11-12H,1-8,10,18H2,(H,20,24). The first kappa shape index (κ1) is 18.0. The number of carbonyl (C=O) groups is 1. The Morgan fingerprint density at radius 3 is 2.88 bits per heavy atom. The second-order valence-corrected chi connectivity index (χ2v) is 6.93. The van der Waals surface area contributed by atoms with Crippen molar-refractivity contribution in [1.82, 2.24) is 15.1 Å². The van der Waals surface area contributed by atoms with Crippen LogP contribution in [0.1, 0.15) is 32.1 Å². The van der Waals surface area contributed by atoms with E-state index in [2.05, 4.69) is 10.4 Å². The van der Waals surface area contributed by atoms with Crippen molar-refractivity contribution in [1.29, 1.82) is 0 Å². The van der Waals surface area contributed by atoms with Crippen molar-refractivity contribution in [3.63, 3.8) is 0 Å². The predicted molar refractivity (Wildman–Crippen MR) is 95.1 cm³/mol. The van der Waals surface area contributed by atoms with E-state index in [1.807, 2.05) is 4.90 Å². The fourth-order valence-electron chi connectivity index (χ4n) is 3.42. The smallest absolute Gasteiger partial charge is 0.407 e. The van der Waals surface area contributed by atoms with E-state index in [-0.39, 0.29) is 28.8 Å². The molecule has 138 valence electrons. The molecule has 2 aliphatic rings. The van der Waals surface area contributed by atoms with Crippen LogP contribution in [0.2, 0.25) is 5.02 Å². The van der Waals surface area contributed by atoms with Gasteiger partial charge < -0.3 is 20.7 Å². The van der Waals surface area contributed by atoms with Crippen molar-refractivity contribution in [2.45, 2.75) is 50.8 Å². The average Bonchev–Trinajstić information content (AvgIpc) is 3.24. The molecule has 25 heavy (non-hydrogen) atoms. The molecule has 1 saturated heterocycles. The molecular formula is C16H24ClN5O3. The van der Waals surface area contributed by atoms with Crippen LogP contribution in [0, 0.1) is 0 Å². The number of aromatic nitrogens is 2. The summed E-state index contributed by atoms with van der Waals surface area (Å²) in [5, 5.41) is 7.15. The summed E-state index contributed by atoms with van der Waals surface area (Å²) in [6.07, 6.45) is 6.04. The van der Waals surface area contributed by atoms with Gasteiger partial charge in [0.25, 0.3) is 5.56 Å². The zero-order chi connectivity index (χ0) is 17.8. The summed E-state index contributed by atoms with van der Waals surface area (Å²) in [5.74, 6) is 0. The minimum absolute atomic E-state index is 0.125. The van der Waals surface area contributed by atoms with E-state index in [0.717, 1.165) is 25.7 Å². The van der Waals surface area contributed by atoms with Gasteiger partial charge in [-0.3, -0.25) is 4.79 Å². The minimum atomic E-state index is -0.360. The first-order chi connectivity index (χ1) is 12.1. The fraction of sp³-hybridized carbons (Fsp3) is 0.688. The molecule has 1 aromatic rings. The SMILES string of the molecule is NCCn1ncc(N2CCC(OC(=O)NC3CCCC3)C2)c(Cl)c1=O. The number of hydrogen-bond acceptors (Lipinski definition) is 6. The van der Waals surface area contributed by atoms with E-state index in [4.69, 9.17) is 22.1 Å². The molecule has 3 rings (SSSR count). The first-order valence-electron chi connectivity index (χ1n) is 8.76. The topological polar surface area (TPSA) is 102 Å². The Labute approximate surface area is 151 Å². The highest BCUT2D eigenvalue weighted by atomic mass is 35.5. The van der Waals surface area contributed by atoms with E-state index in [1.54, 1.807) is 6.20 Å². The molecule has 0 aromatic carbocycles. The summed E-state index contributed by atoms with van der Waals surface area (Å²) < 4.78 is 6.76. The normalized spacial score (nSPS) is 20.9. The molecule has 2 heterocycles. The largest absolute Gasteiger partial charge is 0.444 e. The van der Waals surface area contributed by atoms with Crippen LogP contribution in [0.25, 0.3) is 0 Å². The summed E-state index contributed by atoms with van der Waals surface area (Å²) in [6.45, 7) is 1.80. The van der Waals surface area contributed by atoms with Crippen LogP contribution < -0.4 is 21.5 Å². The Balaban J connectivity index is 1.58. The monoisotopic (exact) mass is 369 g/mol. The van der Waals surface area contributed by atoms with Crippen LogP contribution in [-0.4, -0.2) is 47.7 Å². The lowest BCUT2D eigenvalue weighted by atomic mass is 10.3. The van der Waals surface area contributed by atoms with Gasteiger partial charge in [-0.2, -0.15) is 5.10 Å². The molecule has 0 bridgehead atoms. The number of carbonyl (C=O) groups excluding carboxylic acids is 1. The maximum atomic E-state index is 12.2. The van der Waals surface area contributed by atoms with Crippen LogP contribution in [0.5, 0.6) is 0 Å². The Morgan fingerprint density at radius 1 is 1.40 bits per heavy atom. The van der Waals surface area contributed by atoms with Crippen molar-refractivity contribution in [2.75, 3.05) is 24.5 Å². The number of amides is 1. The summed E-state index contributed by atoms with van der Waals surface area (Å²) in [7, 11) is 0. The van der Waals surface area contributed by atoms with E-state index >= 15 is 0 Å². The van der Waals surface area contributed by atoms with E-state index in [0.29, 0.717) is 38.3 Å². The number of rotatable bonds is 5. The lowest BCUT2D eigenvalue weighted by Crippen LogP contribution is -2.36. The van der Waals surface area contributed by atoms with Crippen molar-refractivity contribution >= 4 is 23.4 Å². The Bertz CT molecular complexity index is 674. The highest BCUT2D eigenvalue weighted by Gasteiger charge is 2.29. The van der Waals surface area contributed by atoms with Crippen LogP contribution in [0.3, 0.4) is 0 Å². The molecule has 1 atom stereocenters. The molecule has 1 amide bonds. The third kappa shape index (κ3) is 4.24. The van der Waals surface area contributed by atoms with Gasteiger partial charge in [-0.1, -0.05) is 24.4 Å². The second kappa shape index (κ2) is 8.05. The zero-order valence-electron chi connectivity index (χ0n) is 14.1. The van der Waals surface area contributed by atoms with Gasteiger partial charge in [0, 0.05) is 25.6 Å². The predicted octanol–water partition coefficient (Wildman–Crippen LogP) is 1.10. The molecule has 8 nitrogen and oxygen atoms in total. The number of ether oxygens (including phenoxy) is 1. The number of hydrogen-bond donors (Lipinski definition) is 2. The lowest BCUT2D eigenvalue weighted by molar-refractivity contribution is 0.105. The minimum Gasteiger partial charge on any atom is -0.444 e. The number of alkyl carbamates (subject to hydrolysis) is 1. The summed E-state index contributed by atoms with van der Waals surface area (Å²) in [6, 6.07) is 0.235. The molecule has 9 heteroatoms. The van der Waals surface area contributed by atoms with Crippen molar-refractivity contribution < 1.29 is 9.53 Å². The van der Waals surface area contributed by atoms with E-state index in [1.165, 1.54) is 4.68 Å². The number of nitrogens with one attached hydrogen (secondary N) is 1. The molecule has 1 aliphatic carbocycles. The van der Waals surface area contributed by atoms with Gasteiger partial charge >= 0.3 is 6.09 Å². The molecule has 3 N–H and O–H groups in total. The van der Waals surface area contributed by atoms with Gasteiger partial charge in [-0.15, -0.1) is 0 Å². The number of nitrogens with zero attached hydrogens (tertiary/aromatic N) is 3. The maximum Gasteiger partial charge on any atom is 0.407 e. The van der Waals surface area contributed by atoms with Crippen LogP contribution >= 0.6 is 11.6 Å². The molecule has 0 radical (unpaired) electrons. The first-order valence-corrected chi connectivity index (χ1v) is 9.14. The van der Waals surface area contributed by atoms with Crippen LogP contribution in [-0.2, 0) is 11.3 Å². The lowest BCUT2D eigenvalue weighted by Gasteiger charge is -2.20. The van der Waals surface area contributed by atoms with E-state index < -0.39 is 0 Å². The Hall–Kier alpha value is -1.80. The third-order valence-electron chi connectivity index (χ3n) is 4.74. The highest BCUT2D eigenvalue weighted by molar-refractivity contribution is 6.33. The average molecular weight is 370 g/mol. The Morgan fingerprint density at radius 2 is 2.16 bits per heavy atom. The van der Waals surface area contributed by atoms with Crippen LogP contribution in [0.4, 0.5) is 10.5 Å². The molecule has 2 fully saturated rings. The van der Waals surface area contributed by atoms with Crippen molar-refractivity contribution in [3.8, 4) is 0 Å². The van der Waals surface area contributed by atoms with Gasteiger partial charge in [-0.25, -0.2) is 9.48 Å². The van der Waals surface area contributed by atoms with Gasteiger partial charge in [0.05, 0.1) is 25.0 Å². The molecular weight excluding hydrogens is 346 g/mol. The molecule has 1 aromatic heterocycles. The summed E-state index contributed by atoms with van der Waals surface area (Å²) >= 11 is 6.21. The van der Waals surface area contributed by atoms with Crippen LogP contribution in [0.15, 0.2) is 11.0 Å². The number of halogens is 1. The van der Waals surface area contributed by atoms with Gasteiger partial charge in [0.1, 0.15) is 11.1 Å². The number of anilines is 1. The molecule has 1 aliphatic heterocycles. The molecule has 1 saturated carbocycles. The van der Waals surface area contributed by atoms with Gasteiger partial charge in [0.15, 0.2) is 0 Å². The third-order valence-corrected chi connectivity index (χ3v) is 5.10. The molecule has 0 spiro atoms. The summed E-state index contributed by atoms with van der Waals surface area (Å²) in [5.41, 5.74) is 5.67. The second-order valence-electron chi connectivity index (χ2n) is 6.55. The fourth-order valence-corrected chi connectivity index (χ4v) is 3.69. The summed E-state index contributed by atoms with van der Waals surface area (Å²) in [4.78, 5) is 26.1. The highest BCUT2D eigenvalue weighted by Crippen LogP contribution is 2.26. The number of nitrogens with two attached hydrogens (primary N) is 1. The quantitative estimate of drug-likeness (QED) is 0.805. The van der Waals surface area contributed by atoms with Gasteiger partial charge in [0.2, 0.25) is 0 Å². The molecule has 1 unspecified atom stereocenters. The van der Waals surface area contributed by atoms with Crippen molar-refractivity contribution in [2.24, 2.45) is 5.73 Å². The zero-order valence-corrected chi connectivity index (χ0v) is 14.9. The van der Waals surface area contributed by atoms with Gasteiger partial charge in [-0.05, 0) is 12.8 Å². The maximum absolute atomic E-state index is 12.2. The van der Waals surface area contributed by atoms with Crippen molar-refractivity contribution in [3.05, 3.63) is 21.6 Å². The van der Waals surface area contributed by atoms with E-state index in [9.17, 15) is 9.59 Å². The Kier molecular flexibility index (Phi) is 5.80.